The van der Waals surface area contributed by atoms with E-state index in [1.165, 1.54) is 57.9 Å². The molecule has 1 saturated heterocycles. The number of rotatable bonds is 2. The van der Waals surface area contributed by atoms with Crippen molar-refractivity contribution >= 4 is 23.4 Å². The summed E-state index contributed by atoms with van der Waals surface area (Å²) in [7, 11) is 0. The van der Waals surface area contributed by atoms with Gasteiger partial charge in [0.25, 0.3) is 0 Å². The maximum atomic E-state index is 6.38. The Labute approximate surface area is 120 Å². The minimum absolute atomic E-state index is 0.340. The lowest BCUT2D eigenvalue weighted by atomic mass is 9.87. The van der Waals surface area contributed by atoms with Gasteiger partial charge in [-0.2, -0.15) is 0 Å². The molecule has 4 atom stereocenters. The Morgan fingerprint density at radius 2 is 1.78 bits per heavy atom. The van der Waals surface area contributed by atoms with Crippen LogP contribution in [-0.4, -0.2) is 28.7 Å². The van der Waals surface area contributed by atoms with Crippen molar-refractivity contribution < 1.29 is 4.90 Å². The van der Waals surface area contributed by atoms with E-state index in [4.69, 9.17) is 17.3 Å². The quantitative estimate of drug-likeness (QED) is 0.762. The number of hydrogen-bond donors (Lipinski definition) is 2. The minimum Gasteiger partial charge on any atom is -0.308 e. The molecule has 0 spiro atoms. The second-order valence-electron chi connectivity index (χ2n) is 6.38. The smallest absolute Gasteiger partial charge is 0.187 e. The molecule has 4 unspecified atom stereocenters. The molecular formula is C14H26ClN2S+. The molecule has 2 aliphatic carbocycles. The highest BCUT2D eigenvalue weighted by atomic mass is 35.5. The highest BCUT2D eigenvalue weighted by Crippen LogP contribution is 2.33. The number of quaternary nitrogens is 1. The number of hydrogen-bond acceptors (Lipinski definition) is 2. The van der Waals surface area contributed by atoms with Gasteiger partial charge in [0.05, 0.1) is 11.8 Å². The van der Waals surface area contributed by atoms with Crippen LogP contribution in [0.15, 0.2) is 0 Å². The van der Waals surface area contributed by atoms with Crippen molar-refractivity contribution in [2.75, 3.05) is 6.54 Å². The Bertz CT molecular complexity index is 281. The van der Waals surface area contributed by atoms with Crippen LogP contribution in [-0.2, 0) is 0 Å². The zero-order chi connectivity index (χ0) is 12.5. The van der Waals surface area contributed by atoms with Gasteiger partial charge in [-0.25, -0.2) is 0 Å². The first kappa shape index (κ1) is 13.5. The van der Waals surface area contributed by atoms with Gasteiger partial charge in [0.2, 0.25) is 0 Å². The molecule has 18 heavy (non-hydrogen) atoms. The summed E-state index contributed by atoms with van der Waals surface area (Å²) in [5, 5.41) is 1.30. The summed E-state index contributed by atoms with van der Waals surface area (Å²) in [6.07, 6.45) is 10.7. The molecule has 104 valence electrons. The van der Waals surface area contributed by atoms with E-state index in [1.807, 2.05) is 0 Å². The van der Waals surface area contributed by atoms with Gasteiger partial charge in [0, 0.05) is 17.7 Å². The van der Waals surface area contributed by atoms with E-state index in [2.05, 4.69) is 11.8 Å². The summed E-state index contributed by atoms with van der Waals surface area (Å²) in [4.78, 5) is 1.71. The molecule has 0 amide bonds. The van der Waals surface area contributed by atoms with Crippen molar-refractivity contribution in [1.29, 1.82) is 0 Å². The monoisotopic (exact) mass is 289 g/mol. The highest BCUT2D eigenvalue weighted by Gasteiger charge is 2.45. The van der Waals surface area contributed by atoms with Crippen LogP contribution < -0.4 is 10.6 Å². The van der Waals surface area contributed by atoms with Crippen LogP contribution in [0.5, 0.6) is 0 Å². The summed E-state index contributed by atoms with van der Waals surface area (Å²) in [6, 6.07) is 0.854. The first-order valence-corrected chi connectivity index (χ1v) is 9.02. The van der Waals surface area contributed by atoms with Crippen LogP contribution in [0.2, 0.25) is 0 Å². The van der Waals surface area contributed by atoms with Crippen molar-refractivity contribution in [2.45, 2.75) is 73.5 Å². The minimum atomic E-state index is 0.340. The molecule has 0 aromatic carbocycles. The van der Waals surface area contributed by atoms with E-state index < -0.39 is 0 Å². The lowest BCUT2D eigenvalue weighted by molar-refractivity contribution is -0.933. The van der Waals surface area contributed by atoms with Crippen LogP contribution in [0.25, 0.3) is 0 Å². The second kappa shape index (κ2) is 5.90. The van der Waals surface area contributed by atoms with Crippen LogP contribution >= 0.6 is 23.4 Å². The Kier molecular flexibility index (Phi) is 4.44. The van der Waals surface area contributed by atoms with E-state index in [9.17, 15) is 0 Å². The third kappa shape index (κ3) is 2.84. The summed E-state index contributed by atoms with van der Waals surface area (Å²) < 4.78 is 0. The number of fused-ring (bicyclic) bond motifs is 1. The zero-order valence-corrected chi connectivity index (χ0v) is 12.7. The van der Waals surface area contributed by atoms with Gasteiger partial charge in [0.1, 0.15) is 6.04 Å². The molecule has 0 radical (unpaired) electrons. The van der Waals surface area contributed by atoms with Crippen molar-refractivity contribution in [3.05, 3.63) is 0 Å². The van der Waals surface area contributed by atoms with Crippen LogP contribution in [0.3, 0.4) is 0 Å². The molecular weight excluding hydrogens is 264 g/mol. The molecule has 0 bridgehead atoms. The summed E-state index contributed by atoms with van der Waals surface area (Å²) in [5.41, 5.74) is 6.72. The second-order valence-corrected chi connectivity index (χ2v) is 8.39. The fourth-order valence-electron chi connectivity index (χ4n) is 4.10. The predicted octanol–water partition coefficient (Wildman–Crippen LogP) is 1.97. The molecule has 3 N–H and O–H groups in total. The van der Waals surface area contributed by atoms with E-state index in [-0.39, 0.29) is 0 Å². The van der Waals surface area contributed by atoms with E-state index in [0.717, 1.165) is 17.2 Å². The lowest BCUT2D eigenvalue weighted by Gasteiger charge is -2.33. The fourth-order valence-corrected chi connectivity index (χ4v) is 5.98. The molecule has 2 saturated carbocycles. The molecule has 3 aliphatic rings. The van der Waals surface area contributed by atoms with Crippen LogP contribution in [0.1, 0.15) is 51.4 Å². The maximum absolute atomic E-state index is 6.38. The third-order valence-corrected chi connectivity index (χ3v) is 7.11. The standard InChI is InChI=1S/C14H25ClN2S/c15-11-7-5-10(6-8-11)9-17-12-3-1-2-4-13(12)18-14(17)16/h10-14H,1-9,16H2/p+1. The molecule has 3 fully saturated rings. The number of halogens is 1. The van der Waals surface area contributed by atoms with Gasteiger partial charge in [-0.1, -0.05) is 18.2 Å². The Morgan fingerprint density at radius 3 is 2.56 bits per heavy atom. The zero-order valence-electron chi connectivity index (χ0n) is 11.1. The molecule has 0 aromatic heterocycles. The normalized spacial score (nSPS) is 49.0. The summed E-state index contributed by atoms with van der Waals surface area (Å²) >= 11 is 8.26. The number of alkyl halides is 1. The van der Waals surface area contributed by atoms with E-state index in [0.29, 0.717) is 10.9 Å². The SMILES string of the molecule is NC1SC2CCCCC2[NH+]1CC1CCC(Cl)CC1. The maximum Gasteiger partial charge on any atom is 0.187 e. The van der Waals surface area contributed by atoms with E-state index >= 15 is 0 Å². The summed E-state index contributed by atoms with van der Waals surface area (Å²) in [6.45, 7) is 1.30. The number of nitrogens with two attached hydrogens (primary N) is 1. The van der Waals surface area contributed by atoms with Gasteiger partial charge in [-0.15, -0.1) is 11.6 Å². The Morgan fingerprint density at radius 1 is 1.06 bits per heavy atom. The summed E-state index contributed by atoms with van der Waals surface area (Å²) in [5.74, 6) is 0.877. The fraction of sp³-hybridized carbons (Fsp3) is 1.00. The Balaban J connectivity index is 1.57. The third-order valence-electron chi connectivity index (χ3n) is 5.17. The number of thioether (sulfide) groups is 1. The molecule has 3 rings (SSSR count). The van der Waals surface area contributed by atoms with Crippen molar-refractivity contribution in [3.63, 3.8) is 0 Å². The van der Waals surface area contributed by atoms with Crippen LogP contribution in [0, 0.1) is 5.92 Å². The topological polar surface area (TPSA) is 30.5 Å². The molecule has 1 heterocycles. The van der Waals surface area contributed by atoms with Gasteiger partial charge in [0.15, 0.2) is 5.50 Å². The predicted molar refractivity (Wildman–Crippen MR) is 79.0 cm³/mol. The first-order valence-electron chi connectivity index (χ1n) is 7.64. The van der Waals surface area contributed by atoms with E-state index in [1.54, 1.807) is 4.90 Å². The van der Waals surface area contributed by atoms with Crippen LogP contribution in [0.4, 0.5) is 0 Å². The number of nitrogens with one attached hydrogen (secondary N) is 1. The van der Waals surface area contributed by atoms with Crippen molar-refractivity contribution in [2.24, 2.45) is 11.7 Å². The molecule has 1 aliphatic heterocycles. The largest absolute Gasteiger partial charge is 0.308 e. The van der Waals surface area contributed by atoms with Crippen molar-refractivity contribution in [1.82, 2.24) is 0 Å². The molecule has 4 heteroatoms. The lowest BCUT2D eigenvalue weighted by Crippen LogP contribution is -3.19. The van der Waals surface area contributed by atoms with Gasteiger partial charge < -0.3 is 4.90 Å². The van der Waals surface area contributed by atoms with Gasteiger partial charge >= 0.3 is 0 Å². The molecule has 2 nitrogen and oxygen atoms in total. The van der Waals surface area contributed by atoms with Crippen molar-refractivity contribution in [3.8, 4) is 0 Å². The average Bonchev–Trinajstić information content (AvgIpc) is 2.69. The first-order chi connectivity index (χ1) is 8.74. The highest BCUT2D eigenvalue weighted by molar-refractivity contribution is 8.00. The Hall–Kier alpha value is 0.560. The average molecular weight is 290 g/mol. The van der Waals surface area contributed by atoms with Gasteiger partial charge in [-0.05, 0) is 38.5 Å². The van der Waals surface area contributed by atoms with Gasteiger partial charge in [-0.3, -0.25) is 5.73 Å². The molecule has 0 aromatic rings.